The first-order valence-electron chi connectivity index (χ1n) is 6.09. The number of benzene rings is 1. The highest BCUT2D eigenvalue weighted by atomic mass is 16.6. The maximum Gasteiger partial charge on any atom is 0.293 e. The Morgan fingerprint density at radius 2 is 2.35 bits per heavy atom. The lowest BCUT2D eigenvalue weighted by Crippen LogP contribution is -2.26. The van der Waals surface area contributed by atoms with Gasteiger partial charge in [-0.3, -0.25) is 14.9 Å². The van der Waals surface area contributed by atoms with E-state index >= 15 is 0 Å². The van der Waals surface area contributed by atoms with Gasteiger partial charge >= 0.3 is 0 Å². The molecule has 1 fully saturated rings. The van der Waals surface area contributed by atoms with Crippen molar-refractivity contribution in [2.45, 2.75) is 13.3 Å². The molecule has 1 saturated heterocycles. The van der Waals surface area contributed by atoms with Crippen molar-refractivity contribution in [3.63, 3.8) is 0 Å². The third-order valence-electron chi connectivity index (χ3n) is 3.29. The van der Waals surface area contributed by atoms with Crippen molar-refractivity contribution in [2.75, 3.05) is 18.0 Å². The summed E-state index contributed by atoms with van der Waals surface area (Å²) in [6.07, 6.45) is 0.241. The number of para-hydroxylation sites is 1. The van der Waals surface area contributed by atoms with Crippen molar-refractivity contribution < 1.29 is 9.72 Å². The van der Waals surface area contributed by atoms with E-state index in [4.69, 9.17) is 5.53 Å². The van der Waals surface area contributed by atoms with Gasteiger partial charge in [0.25, 0.3) is 5.69 Å². The number of azide groups is 1. The number of carbonyl (C=O) groups is 1. The van der Waals surface area contributed by atoms with Gasteiger partial charge in [-0.2, -0.15) is 0 Å². The van der Waals surface area contributed by atoms with Crippen molar-refractivity contribution in [1.82, 2.24) is 0 Å². The van der Waals surface area contributed by atoms with E-state index in [1.807, 2.05) is 0 Å². The van der Waals surface area contributed by atoms with E-state index in [2.05, 4.69) is 10.0 Å². The Bertz CT molecular complexity index is 609. The molecule has 0 aromatic heterocycles. The van der Waals surface area contributed by atoms with Gasteiger partial charge in [-0.25, -0.2) is 0 Å². The third kappa shape index (κ3) is 2.55. The van der Waals surface area contributed by atoms with Crippen LogP contribution < -0.4 is 4.90 Å². The van der Waals surface area contributed by atoms with Crippen LogP contribution in [0.25, 0.3) is 10.4 Å². The first-order valence-corrected chi connectivity index (χ1v) is 6.09. The molecule has 20 heavy (non-hydrogen) atoms. The standard InChI is InChI=1S/C12H13N5O3/c1-8-3-2-4-10(17(19)20)12(8)16-7-9(5-11(16)18)6-14-15-13/h2-4,9H,5-7H2,1H3. The van der Waals surface area contributed by atoms with Crippen LogP contribution in [0.4, 0.5) is 11.4 Å². The summed E-state index contributed by atoms with van der Waals surface area (Å²) in [6, 6.07) is 4.71. The Hall–Kier alpha value is -2.60. The zero-order chi connectivity index (χ0) is 14.7. The van der Waals surface area contributed by atoms with Gasteiger partial charge in [0.05, 0.1) is 4.92 Å². The van der Waals surface area contributed by atoms with Gasteiger partial charge in [-0.15, -0.1) is 0 Å². The molecule has 0 aliphatic carbocycles. The van der Waals surface area contributed by atoms with Crippen LogP contribution in [0, 0.1) is 23.0 Å². The summed E-state index contributed by atoms with van der Waals surface area (Å²) in [6.45, 7) is 2.29. The second kappa shape index (κ2) is 5.58. The molecule has 8 nitrogen and oxygen atoms in total. The predicted octanol–water partition coefficient (Wildman–Crippen LogP) is 2.57. The second-order valence-electron chi connectivity index (χ2n) is 4.69. The van der Waals surface area contributed by atoms with Crippen LogP contribution in [0.3, 0.4) is 0 Å². The highest BCUT2D eigenvalue weighted by molar-refractivity contribution is 5.98. The van der Waals surface area contributed by atoms with Crippen LogP contribution in [0.1, 0.15) is 12.0 Å². The maximum atomic E-state index is 12.0. The average Bonchev–Trinajstić information content (AvgIpc) is 2.77. The topological polar surface area (TPSA) is 112 Å². The van der Waals surface area contributed by atoms with Crippen molar-refractivity contribution >= 4 is 17.3 Å². The number of hydrogen-bond donors (Lipinski definition) is 0. The molecule has 1 unspecified atom stereocenters. The fraction of sp³-hybridized carbons (Fsp3) is 0.417. The quantitative estimate of drug-likeness (QED) is 0.276. The first kappa shape index (κ1) is 13.8. The number of amides is 1. The Kier molecular flexibility index (Phi) is 3.86. The van der Waals surface area contributed by atoms with E-state index in [-0.39, 0.29) is 30.5 Å². The van der Waals surface area contributed by atoms with Crippen LogP contribution in [-0.2, 0) is 4.79 Å². The first-order chi connectivity index (χ1) is 9.54. The molecule has 1 atom stereocenters. The number of hydrogen-bond acceptors (Lipinski definition) is 4. The van der Waals surface area contributed by atoms with Crippen LogP contribution in [0.2, 0.25) is 0 Å². The van der Waals surface area contributed by atoms with Gasteiger partial charge in [-0.1, -0.05) is 17.2 Å². The van der Waals surface area contributed by atoms with E-state index in [0.717, 1.165) is 0 Å². The third-order valence-corrected chi connectivity index (χ3v) is 3.29. The summed E-state index contributed by atoms with van der Waals surface area (Å²) >= 11 is 0. The van der Waals surface area contributed by atoms with Gasteiger partial charge in [-0.05, 0) is 23.9 Å². The monoisotopic (exact) mass is 275 g/mol. The van der Waals surface area contributed by atoms with Crippen LogP contribution in [0.5, 0.6) is 0 Å². The van der Waals surface area contributed by atoms with E-state index < -0.39 is 4.92 Å². The average molecular weight is 275 g/mol. The minimum atomic E-state index is -0.490. The van der Waals surface area contributed by atoms with E-state index in [0.29, 0.717) is 17.8 Å². The molecule has 0 saturated carbocycles. The minimum Gasteiger partial charge on any atom is -0.306 e. The second-order valence-corrected chi connectivity index (χ2v) is 4.69. The Morgan fingerprint density at radius 1 is 1.60 bits per heavy atom. The van der Waals surface area contributed by atoms with Gasteiger partial charge in [0.2, 0.25) is 5.91 Å². The summed E-state index contributed by atoms with van der Waals surface area (Å²) < 4.78 is 0. The molecule has 0 bridgehead atoms. The molecule has 2 rings (SSSR count). The van der Waals surface area contributed by atoms with Crippen LogP contribution in [-0.4, -0.2) is 23.9 Å². The van der Waals surface area contributed by atoms with E-state index in [9.17, 15) is 14.9 Å². The smallest absolute Gasteiger partial charge is 0.293 e. The number of anilines is 1. The molecule has 1 amide bonds. The largest absolute Gasteiger partial charge is 0.306 e. The van der Waals surface area contributed by atoms with Gasteiger partial charge in [0, 0.05) is 30.5 Å². The number of nitro groups is 1. The summed E-state index contributed by atoms with van der Waals surface area (Å²) in [5, 5.41) is 14.6. The van der Waals surface area contributed by atoms with Crippen LogP contribution >= 0.6 is 0 Å². The number of aryl methyl sites for hydroxylation is 1. The summed E-state index contributed by atoms with van der Waals surface area (Å²) in [5.41, 5.74) is 9.24. The SMILES string of the molecule is Cc1cccc([N+](=O)[O-])c1N1CC(CN=[N+]=[N-])CC1=O. The Balaban J connectivity index is 2.35. The van der Waals surface area contributed by atoms with E-state index in [1.165, 1.54) is 11.0 Å². The highest BCUT2D eigenvalue weighted by Gasteiger charge is 2.34. The Labute approximate surface area is 114 Å². The lowest BCUT2D eigenvalue weighted by atomic mass is 10.1. The molecule has 0 N–H and O–H groups in total. The molecule has 0 spiro atoms. The zero-order valence-corrected chi connectivity index (χ0v) is 10.9. The maximum absolute atomic E-state index is 12.0. The fourth-order valence-electron chi connectivity index (χ4n) is 2.41. The van der Waals surface area contributed by atoms with Gasteiger partial charge < -0.3 is 4.90 Å². The summed E-state index contributed by atoms with van der Waals surface area (Å²) in [7, 11) is 0. The number of nitro benzene ring substituents is 1. The summed E-state index contributed by atoms with van der Waals surface area (Å²) in [5.74, 6) is -0.279. The molecular formula is C12H13N5O3. The van der Waals surface area contributed by atoms with Crippen molar-refractivity contribution in [2.24, 2.45) is 11.0 Å². The lowest BCUT2D eigenvalue weighted by Gasteiger charge is -2.18. The lowest BCUT2D eigenvalue weighted by molar-refractivity contribution is -0.384. The normalized spacial score (nSPS) is 17.9. The Morgan fingerprint density at radius 3 is 3.00 bits per heavy atom. The van der Waals surface area contributed by atoms with Crippen molar-refractivity contribution in [3.8, 4) is 0 Å². The molecule has 1 aromatic rings. The number of rotatable bonds is 4. The minimum absolute atomic E-state index is 0.0808. The molecule has 1 aliphatic heterocycles. The predicted molar refractivity (Wildman–Crippen MR) is 72.3 cm³/mol. The van der Waals surface area contributed by atoms with Crippen molar-refractivity contribution in [3.05, 3.63) is 44.3 Å². The summed E-state index contributed by atoms with van der Waals surface area (Å²) in [4.78, 5) is 26.7. The molecule has 1 heterocycles. The molecule has 104 valence electrons. The van der Waals surface area contributed by atoms with E-state index in [1.54, 1.807) is 19.1 Å². The number of nitrogens with zero attached hydrogens (tertiary/aromatic N) is 5. The molecule has 1 aromatic carbocycles. The van der Waals surface area contributed by atoms with Crippen molar-refractivity contribution in [1.29, 1.82) is 0 Å². The molecule has 1 aliphatic rings. The van der Waals surface area contributed by atoms with Gasteiger partial charge in [0.15, 0.2) is 0 Å². The van der Waals surface area contributed by atoms with Crippen LogP contribution in [0.15, 0.2) is 23.3 Å². The fourth-order valence-corrected chi connectivity index (χ4v) is 2.41. The number of carbonyl (C=O) groups excluding carboxylic acids is 1. The molecule has 8 heteroatoms. The van der Waals surface area contributed by atoms with Gasteiger partial charge in [0.1, 0.15) is 5.69 Å². The molecule has 0 radical (unpaired) electrons. The zero-order valence-electron chi connectivity index (χ0n) is 10.9. The highest BCUT2D eigenvalue weighted by Crippen LogP contribution is 2.35. The molecular weight excluding hydrogens is 262 g/mol.